The molecule has 0 bridgehead atoms. The van der Waals surface area contributed by atoms with Crippen LogP contribution in [0.25, 0.3) is 0 Å². The van der Waals surface area contributed by atoms with Crippen molar-refractivity contribution in [2.75, 3.05) is 18.1 Å². The zero-order chi connectivity index (χ0) is 16.2. The van der Waals surface area contributed by atoms with Gasteiger partial charge >= 0.3 is 6.03 Å². The van der Waals surface area contributed by atoms with Crippen molar-refractivity contribution in [2.45, 2.75) is 37.1 Å². The number of amides is 2. The number of hydrogen-bond acceptors (Lipinski definition) is 3. The Hall–Kier alpha value is -1.95. The van der Waals surface area contributed by atoms with E-state index in [1.807, 2.05) is 42.6 Å². The van der Waals surface area contributed by atoms with E-state index in [4.69, 9.17) is 0 Å². The highest BCUT2D eigenvalue weighted by molar-refractivity contribution is 7.98. The highest BCUT2D eigenvalue weighted by Crippen LogP contribution is 2.32. The third-order valence-electron chi connectivity index (χ3n) is 4.41. The van der Waals surface area contributed by atoms with Crippen LogP contribution in [0.1, 0.15) is 36.4 Å². The first-order valence-corrected chi connectivity index (χ1v) is 9.13. The molecule has 5 nitrogen and oxygen atoms in total. The fraction of sp³-hybridized carbons (Fsp3) is 0.412. The van der Waals surface area contributed by atoms with Crippen molar-refractivity contribution in [1.82, 2.24) is 15.1 Å². The number of aromatic amines is 1. The number of nitrogens with one attached hydrogen (secondary N) is 2. The molecule has 0 aliphatic carbocycles. The predicted molar refractivity (Wildman–Crippen MR) is 93.9 cm³/mol. The summed E-state index contributed by atoms with van der Waals surface area (Å²) in [5.74, 6) is 0. The first-order chi connectivity index (χ1) is 11.2. The number of rotatable bonds is 3. The molecule has 1 aliphatic heterocycles. The van der Waals surface area contributed by atoms with E-state index in [0.717, 1.165) is 42.6 Å². The van der Waals surface area contributed by atoms with Crippen molar-refractivity contribution in [2.24, 2.45) is 0 Å². The Morgan fingerprint density at radius 1 is 1.43 bits per heavy atom. The Balaban J connectivity index is 1.79. The van der Waals surface area contributed by atoms with Gasteiger partial charge in [0.2, 0.25) is 0 Å². The van der Waals surface area contributed by atoms with Gasteiger partial charge in [0.1, 0.15) is 0 Å². The molecule has 122 valence electrons. The fourth-order valence-electron chi connectivity index (χ4n) is 3.12. The first-order valence-electron chi connectivity index (χ1n) is 7.90. The van der Waals surface area contributed by atoms with Crippen molar-refractivity contribution >= 4 is 23.5 Å². The number of thioether (sulfide) groups is 1. The third kappa shape index (κ3) is 3.37. The Bertz CT molecular complexity index is 671. The van der Waals surface area contributed by atoms with Gasteiger partial charge in [-0.2, -0.15) is 5.10 Å². The number of carbonyl (C=O) groups excluding carboxylic acids is 1. The smallest absolute Gasteiger partial charge is 0.317 e. The third-order valence-corrected chi connectivity index (χ3v) is 5.30. The van der Waals surface area contributed by atoms with Crippen LogP contribution in [-0.2, 0) is 0 Å². The number of H-pyrrole nitrogens is 1. The van der Waals surface area contributed by atoms with E-state index in [0.29, 0.717) is 0 Å². The number of anilines is 1. The van der Waals surface area contributed by atoms with Crippen molar-refractivity contribution in [1.29, 1.82) is 0 Å². The number of hydrogen-bond donors (Lipinski definition) is 2. The molecular weight excluding hydrogens is 308 g/mol. The topological polar surface area (TPSA) is 61.0 Å². The van der Waals surface area contributed by atoms with Crippen LogP contribution in [0.3, 0.4) is 0 Å². The highest BCUT2D eigenvalue weighted by Gasteiger charge is 2.28. The van der Waals surface area contributed by atoms with Crippen molar-refractivity contribution in [3.8, 4) is 0 Å². The summed E-state index contributed by atoms with van der Waals surface area (Å²) in [5.41, 5.74) is 3.08. The van der Waals surface area contributed by atoms with Crippen LogP contribution >= 0.6 is 11.8 Å². The molecule has 0 unspecified atom stereocenters. The van der Waals surface area contributed by atoms with Gasteiger partial charge in [0.15, 0.2) is 0 Å². The van der Waals surface area contributed by atoms with E-state index >= 15 is 0 Å². The second-order valence-electron chi connectivity index (χ2n) is 5.80. The summed E-state index contributed by atoms with van der Waals surface area (Å²) in [4.78, 5) is 15.9. The molecule has 2 amide bonds. The van der Waals surface area contributed by atoms with E-state index in [9.17, 15) is 4.79 Å². The zero-order valence-electron chi connectivity index (χ0n) is 13.5. The fourth-order valence-corrected chi connectivity index (χ4v) is 3.75. The number of carbonyl (C=O) groups is 1. The quantitative estimate of drug-likeness (QED) is 0.829. The number of nitrogens with zero attached hydrogens (tertiary/aromatic N) is 2. The molecule has 6 heteroatoms. The summed E-state index contributed by atoms with van der Waals surface area (Å²) in [6.45, 7) is 2.83. The van der Waals surface area contributed by atoms with Gasteiger partial charge in [0.25, 0.3) is 0 Å². The molecule has 0 spiro atoms. The molecule has 1 fully saturated rings. The summed E-state index contributed by atoms with van der Waals surface area (Å²) in [6, 6.07) is 6.09. The molecule has 2 N–H and O–H groups in total. The number of aromatic nitrogens is 2. The van der Waals surface area contributed by atoms with Crippen LogP contribution < -0.4 is 5.32 Å². The number of likely N-dealkylation sites (tertiary alicyclic amines) is 1. The maximum absolute atomic E-state index is 12.8. The van der Waals surface area contributed by atoms with E-state index in [1.54, 1.807) is 11.8 Å². The van der Waals surface area contributed by atoms with Crippen LogP contribution in [0.4, 0.5) is 10.5 Å². The van der Waals surface area contributed by atoms with E-state index < -0.39 is 0 Å². The minimum absolute atomic E-state index is 0.0303. The Kier molecular flexibility index (Phi) is 4.91. The van der Waals surface area contributed by atoms with Gasteiger partial charge in [-0.15, -0.1) is 11.8 Å². The van der Waals surface area contributed by atoms with Gasteiger partial charge in [-0.05, 0) is 50.1 Å². The lowest BCUT2D eigenvalue weighted by Gasteiger charge is -2.35. The van der Waals surface area contributed by atoms with E-state index in [1.165, 1.54) is 4.90 Å². The molecule has 1 aromatic heterocycles. The van der Waals surface area contributed by atoms with E-state index in [2.05, 4.69) is 21.6 Å². The minimum Gasteiger partial charge on any atom is -0.317 e. The van der Waals surface area contributed by atoms with Gasteiger partial charge in [-0.3, -0.25) is 5.10 Å². The first kappa shape index (κ1) is 15.9. The zero-order valence-corrected chi connectivity index (χ0v) is 14.3. The molecule has 1 aliphatic rings. The normalized spacial score (nSPS) is 18.0. The summed E-state index contributed by atoms with van der Waals surface area (Å²) in [7, 11) is 0. The molecule has 1 atom stereocenters. The summed E-state index contributed by atoms with van der Waals surface area (Å²) in [6.07, 6.45) is 8.92. The average molecular weight is 330 g/mol. The lowest BCUT2D eigenvalue weighted by atomic mass is 9.98. The van der Waals surface area contributed by atoms with Crippen LogP contribution in [0, 0.1) is 6.92 Å². The van der Waals surface area contributed by atoms with Crippen LogP contribution in [0.15, 0.2) is 35.5 Å². The SMILES string of the molecule is CSc1cccc(NC(=O)N2CCCC[C@@H]2c2cn[nH]c2)c1C. The number of urea groups is 1. The largest absolute Gasteiger partial charge is 0.322 e. The molecule has 1 aromatic carbocycles. The van der Waals surface area contributed by atoms with Crippen molar-refractivity contribution < 1.29 is 4.79 Å². The van der Waals surface area contributed by atoms with Gasteiger partial charge in [-0.25, -0.2) is 4.79 Å². The molecule has 2 heterocycles. The molecule has 0 radical (unpaired) electrons. The predicted octanol–water partition coefficient (Wildman–Crippen LogP) is 4.20. The van der Waals surface area contributed by atoms with Crippen LogP contribution in [-0.4, -0.2) is 33.9 Å². The second kappa shape index (κ2) is 7.08. The van der Waals surface area contributed by atoms with Gasteiger partial charge in [-0.1, -0.05) is 6.07 Å². The molecule has 23 heavy (non-hydrogen) atoms. The maximum atomic E-state index is 12.8. The monoisotopic (exact) mass is 330 g/mol. The second-order valence-corrected chi connectivity index (χ2v) is 6.65. The molecule has 2 aromatic rings. The van der Waals surface area contributed by atoms with Gasteiger partial charge < -0.3 is 10.2 Å². The van der Waals surface area contributed by atoms with Crippen molar-refractivity contribution in [3.05, 3.63) is 41.7 Å². The summed E-state index contributed by atoms with van der Waals surface area (Å²) >= 11 is 1.69. The molecule has 3 rings (SSSR count). The van der Waals surface area contributed by atoms with Crippen molar-refractivity contribution in [3.63, 3.8) is 0 Å². The molecule has 0 saturated carbocycles. The summed E-state index contributed by atoms with van der Waals surface area (Å²) in [5, 5.41) is 9.96. The Morgan fingerprint density at radius 3 is 3.04 bits per heavy atom. The standard InChI is InChI=1S/C17H22N4OS/c1-12-14(6-5-8-16(12)23-2)20-17(22)21-9-4-3-7-15(21)13-10-18-19-11-13/h5-6,8,10-11,15H,3-4,7,9H2,1-2H3,(H,18,19)(H,20,22)/t15-/m1/s1. The van der Waals surface area contributed by atoms with E-state index in [-0.39, 0.29) is 12.1 Å². The minimum atomic E-state index is -0.0303. The maximum Gasteiger partial charge on any atom is 0.322 e. The molecule has 1 saturated heterocycles. The Morgan fingerprint density at radius 2 is 2.30 bits per heavy atom. The van der Waals surface area contributed by atoms with Crippen LogP contribution in [0.2, 0.25) is 0 Å². The molecular formula is C17H22N4OS. The highest BCUT2D eigenvalue weighted by atomic mass is 32.2. The van der Waals surface area contributed by atoms with Crippen LogP contribution in [0.5, 0.6) is 0 Å². The number of piperidine rings is 1. The number of benzene rings is 1. The average Bonchev–Trinajstić information content (AvgIpc) is 3.11. The van der Waals surface area contributed by atoms with Gasteiger partial charge in [0, 0.05) is 28.9 Å². The van der Waals surface area contributed by atoms with Gasteiger partial charge in [0.05, 0.1) is 12.2 Å². The lowest BCUT2D eigenvalue weighted by molar-refractivity contribution is 0.163. The Labute approximate surface area is 140 Å². The lowest BCUT2D eigenvalue weighted by Crippen LogP contribution is -2.41. The summed E-state index contributed by atoms with van der Waals surface area (Å²) < 4.78 is 0.